The summed E-state index contributed by atoms with van der Waals surface area (Å²) in [5, 5.41) is 4.00. The fourth-order valence-corrected chi connectivity index (χ4v) is 4.73. The largest absolute Gasteiger partial charge is 0.345 e. The summed E-state index contributed by atoms with van der Waals surface area (Å²) >= 11 is 6.15. The van der Waals surface area contributed by atoms with Crippen LogP contribution in [0, 0.1) is 0 Å². The molecule has 2 N–H and O–H groups in total. The molecule has 1 fully saturated rings. The lowest BCUT2D eigenvalue weighted by atomic mass is 10.1. The van der Waals surface area contributed by atoms with Gasteiger partial charge in [-0.15, -0.1) is 0 Å². The molecule has 0 bridgehead atoms. The first-order chi connectivity index (χ1) is 10.0. The Balaban J connectivity index is 2.04. The highest BCUT2D eigenvalue weighted by Crippen LogP contribution is 2.31. The van der Waals surface area contributed by atoms with E-state index < -0.39 is 10.0 Å². The Hall–Kier alpha value is -1.15. The summed E-state index contributed by atoms with van der Waals surface area (Å²) in [5.74, 6) is 0. The predicted molar refractivity (Wildman–Crippen MR) is 81.9 cm³/mol. The lowest BCUT2D eigenvalue weighted by molar-refractivity contribution is 0.293. The summed E-state index contributed by atoms with van der Waals surface area (Å²) < 4.78 is 27.3. The molecule has 6 nitrogen and oxygen atoms in total. The molecule has 2 aromatic heterocycles. The van der Waals surface area contributed by atoms with Crippen molar-refractivity contribution in [3.63, 3.8) is 0 Å². The van der Waals surface area contributed by atoms with E-state index >= 15 is 0 Å². The molecule has 1 aliphatic rings. The van der Waals surface area contributed by atoms with Gasteiger partial charge in [0.05, 0.1) is 10.4 Å². The molecular weight excluding hydrogens is 312 g/mol. The van der Waals surface area contributed by atoms with Gasteiger partial charge in [0.15, 0.2) is 0 Å². The summed E-state index contributed by atoms with van der Waals surface area (Å²) in [7, 11) is -1.72. The SMILES string of the molecule is CNC1CCCN(S(=O)(=O)c2c[nH]c3nccc(Cl)c23)C1. The van der Waals surface area contributed by atoms with Crippen molar-refractivity contribution in [3.8, 4) is 0 Å². The van der Waals surface area contributed by atoms with E-state index in [0.717, 1.165) is 12.8 Å². The van der Waals surface area contributed by atoms with Gasteiger partial charge in [-0.2, -0.15) is 4.31 Å². The predicted octanol–water partition coefficient (Wildman–Crippen LogP) is 1.59. The minimum absolute atomic E-state index is 0.187. The molecule has 114 valence electrons. The van der Waals surface area contributed by atoms with Gasteiger partial charge in [-0.1, -0.05) is 11.6 Å². The number of sulfonamides is 1. The number of H-pyrrole nitrogens is 1. The van der Waals surface area contributed by atoms with Crippen LogP contribution in [0.25, 0.3) is 11.0 Å². The standard InChI is InChI=1S/C13H17ClN4O2S/c1-15-9-3-2-6-18(8-9)21(19,20)11-7-17-13-12(11)10(14)4-5-16-13/h4-5,7,9,15H,2-3,6,8H2,1H3,(H,16,17). The monoisotopic (exact) mass is 328 g/mol. The first-order valence-electron chi connectivity index (χ1n) is 6.83. The number of hydrogen-bond acceptors (Lipinski definition) is 4. The third kappa shape index (κ3) is 2.55. The Morgan fingerprint density at radius 1 is 1.52 bits per heavy atom. The normalized spacial score (nSPS) is 21.0. The number of piperidine rings is 1. The van der Waals surface area contributed by atoms with Crippen molar-refractivity contribution in [1.82, 2.24) is 19.6 Å². The van der Waals surface area contributed by atoms with Gasteiger partial charge < -0.3 is 10.3 Å². The van der Waals surface area contributed by atoms with Gasteiger partial charge in [0.1, 0.15) is 10.5 Å². The van der Waals surface area contributed by atoms with Gasteiger partial charge in [-0.25, -0.2) is 13.4 Å². The van der Waals surface area contributed by atoms with Crippen molar-refractivity contribution < 1.29 is 8.42 Å². The maximum atomic E-state index is 12.9. The minimum Gasteiger partial charge on any atom is -0.345 e. The quantitative estimate of drug-likeness (QED) is 0.897. The Morgan fingerprint density at radius 2 is 2.33 bits per heavy atom. The van der Waals surface area contributed by atoms with Crippen LogP contribution < -0.4 is 5.32 Å². The summed E-state index contributed by atoms with van der Waals surface area (Å²) in [4.78, 5) is 7.20. The third-order valence-corrected chi connectivity index (χ3v) is 6.10. The maximum absolute atomic E-state index is 12.9. The molecule has 2 aromatic rings. The minimum atomic E-state index is -3.57. The van der Waals surface area contributed by atoms with E-state index in [2.05, 4.69) is 15.3 Å². The molecule has 3 rings (SSSR count). The van der Waals surface area contributed by atoms with Gasteiger partial charge in [-0.3, -0.25) is 0 Å². The molecule has 0 saturated carbocycles. The van der Waals surface area contributed by atoms with E-state index in [-0.39, 0.29) is 10.9 Å². The fourth-order valence-electron chi connectivity index (χ4n) is 2.73. The summed E-state index contributed by atoms with van der Waals surface area (Å²) in [6, 6.07) is 1.79. The Labute approximate surface area is 128 Å². The van der Waals surface area contributed by atoms with Crippen LogP contribution in [-0.2, 0) is 10.0 Å². The number of fused-ring (bicyclic) bond motifs is 1. The first kappa shape index (κ1) is 14.8. The average Bonchev–Trinajstić information content (AvgIpc) is 2.93. The van der Waals surface area contributed by atoms with Crippen molar-refractivity contribution in [2.45, 2.75) is 23.8 Å². The van der Waals surface area contributed by atoms with Crippen molar-refractivity contribution in [3.05, 3.63) is 23.5 Å². The summed E-state index contributed by atoms with van der Waals surface area (Å²) in [5.41, 5.74) is 0.489. The Morgan fingerprint density at radius 3 is 3.10 bits per heavy atom. The van der Waals surface area contributed by atoms with Gasteiger partial charge in [0.25, 0.3) is 0 Å². The number of hydrogen-bond donors (Lipinski definition) is 2. The van der Waals surface area contributed by atoms with Crippen LogP contribution in [0.1, 0.15) is 12.8 Å². The van der Waals surface area contributed by atoms with Gasteiger partial charge >= 0.3 is 0 Å². The molecule has 1 atom stereocenters. The molecule has 3 heterocycles. The number of pyridine rings is 1. The molecular formula is C13H17ClN4O2S. The number of likely N-dealkylation sites (N-methyl/N-ethyl adjacent to an activating group) is 1. The van der Waals surface area contributed by atoms with Crippen LogP contribution in [0.2, 0.25) is 5.02 Å². The lowest BCUT2D eigenvalue weighted by Crippen LogP contribution is -2.46. The van der Waals surface area contributed by atoms with Crippen LogP contribution in [0.15, 0.2) is 23.4 Å². The average molecular weight is 329 g/mol. The third-order valence-electron chi connectivity index (χ3n) is 3.90. The van der Waals surface area contributed by atoms with Crippen molar-refractivity contribution in [1.29, 1.82) is 0 Å². The molecule has 0 aromatic carbocycles. The summed E-state index contributed by atoms with van der Waals surface area (Å²) in [6.07, 6.45) is 4.86. The van der Waals surface area contributed by atoms with Gasteiger partial charge in [0, 0.05) is 31.5 Å². The molecule has 21 heavy (non-hydrogen) atoms. The molecule has 1 unspecified atom stereocenters. The van der Waals surface area contributed by atoms with E-state index in [9.17, 15) is 8.42 Å². The lowest BCUT2D eigenvalue weighted by Gasteiger charge is -2.31. The zero-order valence-corrected chi connectivity index (χ0v) is 13.2. The van der Waals surface area contributed by atoms with E-state index in [4.69, 9.17) is 11.6 Å². The molecule has 0 aliphatic carbocycles. The first-order valence-corrected chi connectivity index (χ1v) is 8.65. The molecule has 0 spiro atoms. The Bertz CT molecular complexity index is 759. The van der Waals surface area contributed by atoms with Crippen LogP contribution in [-0.4, -0.2) is 48.9 Å². The van der Waals surface area contributed by atoms with Crippen LogP contribution in [0.5, 0.6) is 0 Å². The molecule has 1 aliphatic heterocycles. The van der Waals surface area contributed by atoms with Gasteiger partial charge in [-0.05, 0) is 26.0 Å². The second-order valence-electron chi connectivity index (χ2n) is 5.16. The number of nitrogens with one attached hydrogen (secondary N) is 2. The molecule has 0 radical (unpaired) electrons. The van der Waals surface area contributed by atoms with Crippen LogP contribution >= 0.6 is 11.6 Å². The number of aromatic amines is 1. The van der Waals surface area contributed by atoms with E-state index in [1.807, 2.05) is 7.05 Å². The van der Waals surface area contributed by atoms with Crippen molar-refractivity contribution in [2.24, 2.45) is 0 Å². The zero-order valence-electron chi connectivity index (χ0n) is 11.6. The fraction of sp³-hybridized carbons (Fsp3) is 0.462. The second kappa shape index (κ2) is 5.57. The number of rotatable bonds is 3. The van der Waals surface area contributed by atoms with Gasteiger partial charge in [0.2, 0.25) is 10.0 Å². The van der Waals surface area contributed by atoms with E-state index in [0.29, 0.717) is 29.1 Å². The van der Waals surface area contributed by atoms with Crippen LogP contribution in [0.3, 0.4) is 0 Å². The number of nitrogens with zero attached hydrogens (tertiary/aromatic N) is 2. The van der Waals surface area contributed by atoms with Crippen molar-refractivity contribution >= 4 is 32.7 Å². The van der Waals surface area contributed by atoms with E-state index in [1.54, 1.807) is 12.3 Å². The highest BCUT2D eigenvalue weighted by Gasteiger charge is 2.32. The number of halogens is 1. The van der Waals surface area contributed by atoms with Crippen LogP contribution in [0.4, 0.5) is 0 Å². The highest BCUT2D eigenvalue weighted by molar-refractivity contribution is 7.89. The van der Waals surface area contributed by atoms with Crippen molar-refractivity contribution in [2.75, 3.05) is 20.1 Å². The topological polar surface area (TPSA) is 78.1 Å². The maximum Gasteiger partial charge on any atom is 0.245 e. The Kier molecular flexibility index (Phi) is 3.92. The molecule has 0 amide bonds. The molecule has 8 heteroatoms. The second-order valence-corrected chi connectivity index (χ2v) is 7.47. The summed E-state index contributed by atoms with van der Waals surface area (Å²) in [6.45, 7) is 1.01. The number of aromatic nitrogens is 2. The highest BCUT2D eigenvalue weighted by atomic mass is 35.5. The van der Waals surface area contributed by atoms with E-state index in [1.165, 1.54) is 10.5 Å². The zero-order chi connectivity index (χ0) is 15.0. The smallest absolute Gasteiger partial charge is 0.245 e. The molecule has 1 saturated heterocycles.